The summed E-state index contributed by atoms with van der Waals surface area (Å²) in [6.07, 6.45) is -0.625. The van der Waals surface area contributed by atoms with Crippen LogP contribution < -0.4 is 4.74 Å². The van der Waals surface area contributed by atoms with E-state index in [0.29, 0.717) is 31.3 Å². The van der Waals surface area contributed by atoms with Gasteiger partial charge in [-0.1, -0.05) is 11.6 Å². The monoisotopic (exact) mass is 362 g/mol. The molecule has 1 aromatic rings. The van der Waals surface area contributed by atoms with Crippen LogP contribution in [0.4, 0.5) is 0 Å². The average Bonchev–Trinajstić information content (AvgIpc) is 2.80. The lowest BCUT2D eigenvalue weighted by molar-refractivity contribution is 0.145. The molecule has 1 aliphatic heterocycles. The predicted octanol–water partition coefficient (Wildman–Crippen LogP) is 0.903. The number of sulfonamides is 1. The number of β-amino-alcohol motifs (C(OH)–C–C–N with tert-alkyl or cyclic N) is 1. The Labute approximate surface area is 142 Å². The van der Waals surface area contributed by atoms with E-state index in [1.54, 1.807) is 24.3 Å². The van der Waals surface area contributed by atoms with E-state index in [2.05, 4.69) is 0 Å². The molecule has 6 nitrogen and oxygen atoms in total. The summed E-state index contributed by atoms with van der Waals surface area (Å²) in [6, 6.07) is 7.12. The Kier molecular flexibility index (Phi) is 6.27. The van der Waals surface area contributed by atoms with E-state index in [-0.39, 0.29) is 11.7 Å². The first kappa shape index (κ1) is 18.5. The molecular weight excluding hydrogens is 340 g/mol. The van der Waals surface area contributed by atoms with Gasteiger partial charge in [-0.05, 0) is 24.3 Å². The fraction of sp³-hybridized carbons (Fsp3) is 0.600. The van der Waals surface area contributed by atoms with Crippen molar-refractivity contribution in [2.24, 2.45) is 5.92 Å². The first-order valence-corrected chi connectivity index (χ1v) is 9.45. The number of hydrogen-bond acceptors (Lipinski definition) is 5. The Bertz CT molecular complexity index is 606. The molecule has 0 saturated carbocycles. The van der Waals surface area contributed by atoms with Crippen LogP contribution >= 0.6 is 11.6 Å². The molecule has 0 radical (unpaired) electrons. The van der Waals surface area contributed by atoms with Gasteiger partial charge in [-0.15, -0.1) is 0 Å². The van der Waals surface area contributed by atoms with Crippen LogP contribution in [0.5, 0.6) is 5.75 Å². The fourth-order valence-corrected chi connectivity index (χ4v) is 3.82. The molecule has 0 spiro atoms. The zero-order valence-corrected chi connectivity index (χ0v) is 14.9. The largest absolute Gasteiger partial charge is 0.492 e. The van der Waals surface area contributed by atoms with Crippen molar-refractivity contribution in [1.82, 2.24) is 9.21 Å². The second kappa shape index (κ2) is 7.81. The summed E-state index contributed by atoms with van der Waals surface area (Å²) >= 11 is 5.81. The normalized spacial score (nSPS) is 22.7. The van der Waals surface area contributed by atoms with Crippen molar-refractivity contribution in [3.05, 3.63) is 29.3 Å². The summed E-state index contributed by atoms with van der Waals surface area (Å²) in [4.78, 5) is 2.02. The van der Waals surface area contributed by atoms with Gasteiger partial charge in [0.2, 0.25) is 10.0 Å². The zero-order valence-electron chi connectivity index (χ0n) is 13.4. The summed E-state index contributed by atoms with van der Waals surface area (Å²) in [5.74, 6) is 0.439. The van der Waals surface area contributed by atoms with Crippen molar-refractivity contribution in [2.75, 3.05) is 46.1 Å². The molecule has 0 unspecified atom stereocenters. The number of rotatable bonds is 7. The Morgan fingerprint density at radius 1 is 1.30 bits per heavy atom. The predicted molar refractivity (Wildman–Crippen MR) is 90.4 cm³/mol. The first-order valence-electron chi connectivity index (χ1n) is 7.47. The third-order valence-electron chi connectivity index (χ3n) is 3.95. The molecule has 2 rings (SSSR count). The van der Waals surface area contributed by atoms with Crippen LogP contribution in [-0.4, -0.2) is 74.9 Å². The van der Waals surface area contributed by atoms with Gasteiger partial charge in [0.05, 0.1) is 11.9 Å². The summed E-state index contributed by atoms with van der Waals surface area (Å²) < 4.78 is 30.7. The highest BCUT2D eigenvalue weighted by molar-refractivity contribution is 7.89. The van der Waals surface area contributed by atoms with Crippen molar-refractivity contribution < 1.29 is 18.3 Å². The van der Waals surface area contributed by atoms with Crippen molar-refractivity contribution in [2.45, 2.75) is 6.10 Å². The van der Waals surface area contributed by atoms with Gasteiger partial charge in [0, 0.05) is 44.7 Å². The van der Waals surface area contributed by atoms with Crippen LogP contribution in [0.1, 0.15) is 0 Å². The summed E-state index contributed by atoms with van der Waals surface area (Å²) in [7, 11) is -0.286. The number of benzene rings is 1. The van der Waals surface area contributed by atoms with Crippen LogP contribution in [0.2, 0.25) is 5.02 Å². The molecule has 0 bridgehead atoms. The number of ether oxygens (including phenoxy) is 1. The van der Waals surface area contributed by atoms with Gasteiger partial charge in [-0.2, -0.15) is 0 Å². The van der Waals surface area contributed by atoms with Gasteiger partial charge in [0.25, 0.3) is 0 Å². The number of hydrogen-bond donors (Lipinski definition) is 1. The van der Waals surface area contributed by atoms with E-state index in [1.165, 1.54) is 18.4 Å². The van der Waals surface area contributed by atoms with E-state index < -0.39 is 16.1 Å². The maximum Gasteiger partial charge on any atom is 0.214 e. The Morgan fingerprint density at radius 2 is 1.96 bits per heavy atom. The highest BCUT2D eigenvalue weighted by Gasteiger charge is 2.35. The molecule has 0 aromatic heterocycles. The van der Waals surface area contributed by atoms with Gasteiger partial charge in [0.1, 0.15) is 12.4 Å². The topological polar surface area (TPSA) is 70.1 Å². The minimum Gasteiger partial charge on any atom is -0.492 e. The number of halogens is 1. The molecule has 23 heavy (non-hydrogen) atoms. The van der Waals surface area contributed by atoms with Crippen LogP contribution in [-0.2, 0) is 10.0 Å². The molecule has 1 heterocycles. The Hall–Kier alpha value is -0.860. The number of likely N-dealkylation sites (tertiary alicyclic amines) is 1. The molecule has 1 N–H and O–H groups in total. The maximum absolute atomic E-state index is 11.9. The van der Waals surface area contributed by atoms with E-state index in [4.69, 9.17) is 16.3 Å². The number of aliphatic hydroxyl groups excluding tert-OH is 1. The summed E-state index contributed by atoms with van der Waals surface area (Å²) in [5, 5.41) is 10.7. The number of nitrogens with zero attached hydrogens (tertiary/aromatic N) is 2. The van der Waals surface area contributed by atoms with Gasteiger partial charge in [0.15, 0.2) is 0 Å². The van der Waals surface area contributed by atoms with Gasteiger partial charge in [-0.3, -0.25) is 4.90 Å². The second-order valence-electron chi connectivity index (χ2n) is 5.95. The summed E-state index contributed by atoms with van der Waals surface area (Å²) in [6.45, 7) is 2.13. The highest BCUT2D eigenvalue weighted by atomic mass is 35.5. The minimum absolute atomic E-state index is 0.0320. The van der Waals surface area contributed by atoms with Crippen molar-refractivity contribution in [3.63, 3.8) is 0 Å². The zero-order chi connectivity index (χ0) is 17.0. The molecule has 1 aromatic carbocycles. The van der Waals surface area contributed by atoms with Gasteiger partial charge >= 0.3 is 0 Å². The molecule has 1 fully saturated rings. The lowest BCUT2D eigenvalue weighted by atomic mass is 10.1. The smallest absolute Gasteiger partial charge is 0.214 e. The molecule has 1 saturated heterocycles. The van der Waals surface area contributed by atoms with Gasteiger partial charge < -0.3 is 9.84 Å². The second-order valence-corrected chi connectivity index (χ2v) is 8.61. The van der Waals surface area contributed by atoms with E-state index in [1.807, 2.05) is 4.90 Å². The SMILES string of the molecule is CN(C)S(=O)(=O)C[C@@H]1CN(CCOc2ccc(Cl)cc2)C[C@H]1O. The van der Waals surface area contributed by atoms with E-state index >= 15 is 0 Å². The lowest BCUT2D eigenvalue weighted by Gasteiger charge is -2.18. The Morgan fingerprint density at radius 3 is 2.57 bits per heavy atom. The van der Waals surface area contributed by atoms with Crippen molar-refractivity contribution in [3.8, 4) is 5.75 Å². The molecule has 8 heteroatoms. The molecule has 1 aliphatic rings. The molecule has 2 atom stereocenters. The quantitative estimate of drug-likeness (QED) is 0.780. The van der Waals surface area contributed by atoms with E-state index in [0.717, 1.165) is 5.75 Å². The number of aliphatic hydroxyl groups is 1. The molecule has 0 aliphatic carbocycles. The van der Waals surface area contributed by atoms with Crippen LogP contribution in [0, 0.1) is 5.92 Å². The molecule has 0 amide bonds. The van der Waals surface area contributed by atoms with E-state index in [9.17, 15) is 13.5 Å². The van der Waals surface area contributed by atoms with Crippen LogP contribution in [0.3, 0.4) is 0 Å². The van der Waals surface area contributed by atoms with Gasteiger partial charge in [-0.25, -0.2) is 12.7 Å². The standard InChI is InChI=1S/C15H23ClN2O4S/c1-17(2)23(20,21)11-12-9-18(10-15(12)19)7-8-22-14-5-3-13(16)4-6-14/h3-6,12,15,19H,7-11H2,1-2H3/t12-,15+/m0/s1. The van der Waals surface area contributed by atoms with Crippen molar-refractivity contribution >= 4 is 21.6 Å². The first-order chi connectivity index (χ1) is 10.8. The van der Waals surface area contributed by atoms with Crippen LogP contribution in [0.25, 0.3) is 0 Å². The third-order valence-corrected chi connectivity index (χ3v) is 6.17. The lowest BCUT2D eigenvalue weighted by Crippen LogP contribution is -2.33. The van der Waals surface area contributed by atoms with Crippen LogP contribution in [0.15, 0.2) is 24.3 Å². The Balaban J connectivity index is 1.79. The average molecular weight is 363 g/mol. The third kappa shape index (κ3) is 5.32. The van der Waals surface area contributed by atoms with Crippen molar-refractivity contribution in [1.29, 1.82) is 0 Å². The highest BCUT2D eigenvalue weighted by Crippen LogP contribution is 2.20. The molecule has 130 valence electrons. The maximum atomic E-state index is 11.9. The summed E-state index contributed by atoms with van der Waals surface area (Å²) in [5.41, 5.74) is 0. The minimum atomic E-state index is -3.30. The molecular formula is C15H23ClN2O4S. The fourth-order valence-electron chi connectivity index (χ4n) is 2.53.